The second kappa shape index (κ2) is 4.43. The lowest BCUT2D eigenvalue weighted by molar-refractivity contribution is -0.0855. The summed E-state index contributed by atoms with van der Waals surface area (Å²) in [6, 6.07) is 0. The Morgan fingerprint density at radius 1 is 1.38 bits per heavy atom. The van der Waals surface area contributed by atoms with E-state index in [-0.39, 0.29) is 5.60 Å². The van der Waals surface area contributed by atoms with E-state index in [9.17, 15) is 0 Å². The molecule has 0 saturated carbocycles. The van der Waals surface area contributed by atoms with Crippen LogP contribution in [-0.2, 0) is 4.74 Å². The molecule has 1 unspecified atom stereocenters. The molecule has 1 fully saturated rings. The van der Waals surface area contributed by atoms with Crippen molar-refractivity contribution < 1.29 is 4.74 Å². The highest BCUT2D eigenvalue weighted by Crippen LogP contribution is 2.18. The zero-order chi connectivity index (χ0) is 9.90. The van der Waals surface area contributed by atoms with E-state index in [2.05, 4.69) is 32.6 Å². The Balaban J connectivity index is 2.34. The predicted octanol–water partition coefficient (Wildman–Crippen LogP) is 2.29. The van der Waals surface area contributed by atoms with E-state index < -0.39 is 0 Å². The number of nitrogens with zero attached hydrogens (tertiary/aromatic N) is 1. The second-order valence-corrected chi connectivity index (χ2v) is 4.89. The first kappa shape index (κ1) is 11.0. The maximum absolute atomic E-state index is 5.97. The van der Waals surface area contributed by atoms with Gasteiger partial charge in [0.2, 0.25) is 0 Å². The molecule has 1 aliphatic heterocycles. The Morgan fingerprint density at radius 2 is 2.08 bits per heavy atom. The fourth-order valence-corrected chi connectivity index (χ4v) is 1.90. The zero-order valence-corrected chi connectivity index (χ0v) is 9.47. The summed E-state index contributed by atoms with van der Waals surface area (Å²) in [5.74, 6) is 0. The molecule has 1 rings (SSSR count). The SMILES string of the molecule is CCN1CCCC(OC(C)(C)C)C1. The summed E-state index contributed by atoms with van der Waals surface area (Å²) in [7, 11) is 0. The largest absolute Gasteiger partial charge is 0.371 e. The van der Waals surface area contributed by atoms with Crippen LogP contribution in [0.4, 0.5) is 0 Å². The summed E-state index contributed by atoms with van der Waals surface area (Å²) in [6.45, 7) is 12.2. The van der Waals surface area contributed by atoms with Crippen molar-refractivity contribution in [3.63, 3.8) is 0 Å². The molecule has 0 radical (unpaired) electrons. The van der Waals surface area contributed by atoms with Crippen LogP contribution in [-0.4, -0.2) is 36.2 Å². The quantitative estimate of drug-likeness (QED) is 0.654. The van der Waals surface area contributed by atoms with Crippen LogP contribution < -0.4 is 0 Å². The predicted molar refractivity (Wildman–Crippen MR) is 56.0 cm³/mol. The maximum Gasteiger partial charge on any atom is 0.0709 e. The van der Waals surface area contributed by atoms with Crippen molar-refractivity contribution in [2.45, 2.75) is 52.2 Å². The third kappa shape index (κ3) is 4.10. The Kier molecular flexibility index (Phi) is 3.74. The normalized spacial score (nSPS) is 26.3. The fraction of sp³-hybridized carbons (Fsp3) is 1.00. The van der Waals surface area contributed by atoms with Gasteiger partial charge in [-0.15, -0.1) is 0 Å². The Hall–Kier alpha value is -0.0800. The highest BCUT2D eigenvalue weighted by Gasteiger charge is 2.23. The summed E-state index contributed by atoms with van der Waals surface area (Å²) in [4.78, 5) is 2.47. The molecule has 0 aromatic carbocycles. The molecule has 0 amide bonds. The minimum atomic E-state index is 0.0153. The van der Waals surface area contributed by atoms with Gasteiger partial charge < -0.3 is 9.64 Å². The molecule has 1 atom stereocenters. The first-order chi connectivity index (χ1) is 6.01. The molecule has 0 N–H and O–H groups in total. The lowest BCUT2D eigenvalue weighted by Gasteiger charge is -2.35. The van der Waals surface area contributed by atoms with E-state index in [1.807, 2.05) is 0 Å². The smallest absolute Gasteiger partial charge is 0.0709 e. The van der Waals surface area contributed by atoms with Crippen molar-refractivity contribution in [2.24, 2.45) is 0 Å². The number of likely N-dealkylation sites (N-methyl/N-ethyl adjacent to an activating group) is 1. The van der Waals surface area contributed by atoms with Gasteiger partial charge in [-0.05, 0) is 46.7 Å². The molecule has 1 heterocycles. The van der Waals surface area contributed by atoms with Crippen molar-refractivity contribution in [1.82, 2.24) is 4.90 Å². The monoisotopic (exact) mass is 185 g/mol. The summed E-state index contributed by atoms with van der Waals surface area (Å²) in [5.41, 5.74) is 0.0153. The van der Waals surface area contributed by atoms with Crippen LogP contribution in [0.5, 0.6) is 0 Å². The lowest BCUT2D eigenvalue weighted by atomic mass is 10.1. The average Bonchev–Trinajstić information content (AvgIpc) is 2.01. The van der Waals surface area contributed by atoms with Crippen molar-refractivity contribution in [3.05, 3.63) is 0 Å². The molecule has 0 aromatic rings. The Labute approximate surface area is 82.3 Å². The van der Waals surface area contributed by atoms with Crippen LogP contribution in [0.2, 0.25) is 0 Å². The van der Waals surface area contributed by atoms with Gasteiger partial charge >= 0.3 is 0 Å². The number of rotatable bonds is 2. The van der Waals surface area contributed by atoms with Gasteiger partial charge in [0.1, 0.15) is 0 Å². The Morgan fingerprint density at radius 3 is 2.62 bits per heavy atom. The Bertz CT molecular complexity index is 151. The molecule has 0 aromatic heterocycles. The average molecular weight is 185 g/mol. The summed E-state index contributed by atoms with van der Waals surface area (Å²) >= 11 is 0. The topological polar surface area (TPSA) is 12.5 Å². The third-order valence-corrected chi connectivity index (χ3v) is 2.43. The van der Waals surface area contributed by atoms with Crippen LogP contribution in [0.15, 0.2) is 0 Å². The maximum atomic E-state index is 5.97. The van der Waals surface area contributed by atoms with Crippen molar-refractivity contribution in [1.29, 1.82) is 0 Å². The summed E-state index contributed by atoms with van der Waals surface area (Å²) < 4.78 is 5.97. The fourth-order valence-electron chi connectivity index (χ4n) is 1.90. The molecule has 0 aliphatic carbocycles. The number of ether oxygens (including phenoxy) is 1. The van der Waals surface area contributed by atoms with Gasteiger partial charge in [0, 0.05) is 6.54 Å². The molecular formula is C11H23NO. The van der Waals surface area contributed by atoms with Gasteiger partial charge in [0.05, 0.1) is 11.7 Å². The van der Waals surface area contributed by atoms with Crippen molar-refractivity contribution in [2.75, 3.05) is 19.6 Å². The van der Waals surface area contributed by atoms with Crippen LogP contribution in [0.3, 0.4) is 0 Å². The third-order valence-electron chi connectivity index (χ3n) is 2.43. The van der Waals surface area contributed by atoms with Crippen LogP contribution >= 0.6 is 0 Å². The van der Waals surface area contributed by atoms with Gasteiger partial charge in [-0.25, -0.2) is 0 Å². The first-order valence-electron chi connectivity index (χ1n) is 5.41. The number of hydrogen-bond acceptors (Lipinski definition) is 2. The highest BCUT2D eigenvalue weighted by atomic mass is 16.5. The van der Waals surface area contributed by atoms with Crippen molar-refractivity contribution in [3.8, 4) is 0 Å². The molecule has 1 aliphatic rings. The van der Waals surface area contributed by atoms with Gasteiger partial charge in [0.25, 0.3) is 0 Å². The molecule has 0 spiro atoms. The van der Waals surface area contributed by atoms with E-state index in [4.69, 9.17) is 4.74 Å². The van der Waals surface area contributed by atoms with E-state index in [1.165, 1.54) is 19.4 Å². The van der Waals surface area contributed by atoms with E-state index >= 15 is 0 Å². The zero-order valence-electron chi connectivity index (χ0n) is 9.47. The second-order valence-electron chi connectivity index (χ2n) is 4.89. The molecule has 13 heavy (non-hydrogen) atoms. The highest BCUT2D eigenvalue weighted by molar-refractivity contribution is 4.75. The van der Waals surface area contributed by atoms with Gasteiger partial charge in [-0.1, -0.05) is 6.92 Å². The molecule has 0 bridgehead atoms. The van der Waals surface area contributed by atoms with Crippen molar-refractivity contribution >= 4 is 0 Å². The number of piperidine rings is 1. The lowest BCUT2D eigenvalue weighted by Crippen LogP contribution is -2.42. The molecular weight excluding hydrogens is 162 g/mol. The van der Waals surface area contributed by atoms with Crippen LogP contribution in [0.1, 0.15) is 40.5 Å². The first-order valence-corrected chi connectivity index (χ1v) is 5.41. The molecule has 78 valence electrons. The van der Waals surface area contributed by atoms with E-state index in [0.29, 0.717) is 6.10 Å². The summed E-state index contributed by atoms with van der Waals surface area (Å²) in [5, 5.41) is 0. The molecule has 2 nitrogen and oxygen atoms in total. The van der Waals surface area contributed by atoms with E-state index in [0.717, 1.165) is 13.1 Å². The number of hydrogen-bond donors (Lipinski definition) is 0. The van der Waals surface area contributed by atoms with Gasteiger partial charge in [-0.2, -0.15) is 0 Å². The minimum absolute atomic E-state index is 0.0153. The summed E-state index contributed by atoms with van der Waals surface area (Å²) in [6.07, 6.45) is 2.97. The van der Waals surface area contributed by atoms with Gasteiger partial charge in [0.15, 0.2) is 0 Å². The number of likely N-dealkylation sites (tertiary alicyclic amines) is 1. The molecule has 1 saturated heterocycles. The molecule has 2 heteroatoms. The standard InChI is InChI=1S/C11H23NO/c1-5-12-8-6-7-10(9-12)13-11(2,3)4/h10H,5-9H2,1-4H3. The van der Waals surface area contributed by atoms with Crippen LogP contribution in [0, 0.1) is 0 Å². The van der Waals surface area contributed by atoms with E-state index in [1.54, 1.807) is 0 Å². The minimum Gasteiger partial charge on any atom is -0.371 e. The van der Waals surface area contributed by atoms with Gasteiger partial charge in [-0.3, -0.25) is 0 Å². The van der Waals surface area contributed by atoms with Crippen LogP contribution in [0.25, 0.3) is 0 Å².